The Labute approximate surface area is 185 Å². The molecule has 7 heteroatoms. The minimum absolute atomic E-state index is 0.000109. The van der Waals surface area contributed by atoms with Gasteiger partial charge in [-0.15, -0.1) is 0 Å². The Kier molecular flexibility index (Phi) is 7.89. The van der Waals surface area contributed by atoms with Crippen molar-refractivity contribution in [3.05, 3.63) is 63.3 Å². The molecule has 0 saturated carbocycles. The van der Waals surface area contributed by atoms with Crippen LogP contribution in [-0.2, 0) is 6.42 Å². The van der Waals surface area contributed by atoms with Crippen LogP contribution in [0.2, 0.25) is 0 Å². The van der Waals surface area contributed by atoms with E-state index in [0.717, 1.165) is 11.6 Å². The van der Waals surface area contributed by atoms with Crippen molar-refractivity contribution in [1.82, 2.24) is 0 Å². The largest absolute Gasteiger partial charge is 0.507 e. The molecule has 3 aromatic rings. The summed E-state index contributed by atoms with van der Waals surface area (Å²) in [6, 6.07) is 7.66. The zero-order chi connectivity index (χ0) is 23.3. The van der Waals surface area contributed by atoms with E-state index in [2.05, 4.69) is 0 Å². The van der Waals surface area contributed by atoms with Crippen LogP contribution in [0, 0.1) is 0 Å². The molecule has 1 heterocycles. The number of fused-ring (bicyclic) bond motifs is 1. The van der Waals surface area contributed by atoms with E-state index in [1.807, 2.05) is 33.8 Å². The van der Waals surface area contributed by atoms with E-state index in [9.17, 15) is 19.8 Å². The predicted octanol–water partition coefficient (Wildman–Crippen LogP) is 5.79. The Morgan fingerprint density at radius 1 is 1.16 bits per heavy atom. The van der Waals surface area contributed by atoms with Gasteiger partial charge < -0.3 is 19.4 Å². The van der Waals surface area contributed by atoms with Crippen molar-refractivity contribution in [2.24, 2.45) is 0 Å². The fourth-order valence-electron chi connectivity index (χ4n) is 3.01. The van der Waals surface area contributed by atoms with Crippen LogP contribution in [0.25, 0.3) is 22.3 Å². The molecule has 6 nitrogen and oxygen atoms in total. The van der Waals surface area contributed by atoms with Gasteiger partial charge in [-0.3, -0.25) is 9.59 Å². The number of ether oxygens (including phenoxy) is 1. The summed E-state index contributed by atoms with van der Waals surface area (Å²) in [5, 5.41) is 19.8. The first-order chi connectivity index (χ1) is 14.7. The molecule has 0 aliphatic rings. The Morgan fingerprint density at radius 2 is 1.77 bits per heavy atom. The second-order valence-electron chi connectivity index (χ2n) is 6.72. The lowest BCUT2D eigenvalue weighted by Crippen LogP contribution is -2.07. The SMILES string of the molecule is CC.COc1ccc(-c2oc3c(CC=C(C)C)c(C(=O)Cl)cc(O)c3c(=O)c2O)cc1. The first-order valence-electron chi connectivity index (χ1n) is 9.76. The summed E-state index contributed by atoms with van der Waals surface area (Å²) in [6.45, 7) is 7.77. The zero-order valence-corrected chi connectivity index (χ0v) is 18.8. The predicted molar refractivity (Wildman–Crippen MR) is 122 cm³/mol. The van der Waals surface area contributed by atoms with Gasteiger partial charge in [-0.25, -0.2) is 0 Å². The molecule has 2 aromatic carbocycles. The number of rotatable bonds is 5. The Bertz CT molecular complexity index is 1190. The Hall–Kier alpha value is -3.25. The highest BCUT2D eigenvalue weighted by molar-refractivity contribution is 6.68. The fourth-order valence-corrected chi connectivity index (χ4v) is 3.18. The quantitative estimate of drug-likeness (QED) is 0.381. The molecule has 1 aromatic heterocycles. The molecule has 0 bridgehead atoms. The third-order valence-electron chi connectivity index (χ3n) is 4.50. The molecule has 0 radical (unpaired) electrons. The number of allylic oxidation sites excluding steroid dienone is 2. The van der Waals surface area contributed by atoms with Gasteiger partial charge in [0.05, 0.1) is 7.11 Å². The number of hydrogen-bond acceptors (Lipinski definition) is 6. The molecule has 0 amide bonds. The van der Waals surface area contributed by atoms with Crippen LogP contribution in [0.15, 0.2) is 51.2 Å². The van der Waals surface area contributed by atoms with E-state index in [1.54, 1.807) is 24.3 Å². The van der Waals surface area contributed by atoms with Gasteiger partial charge in [0.2, 0.25) is 11.2 Å². The zero-order valence-electron chi connectivity index (χ0n) is 18.1. The van der Waals surface area contributed by atoms with Crippen molar-refractivity contribution in [2.45, 2.75) is 34.1 Å². The maximum atomic E-state index is 12.8. The number of hydrogen-bond donors (Lipinski definition) is 2. The average molecular weight is 445 g/mol. The number of carbonyl (C=O) groups is 1. The number of methoxy groups -OCH3 is 1. The number of carbonyl (C=O) groups excluding carboxylic acids is 1. The van der Waals surface area contributed by atoms with E-state index in [4.69, 9.17) is 20.8 Å². The molecule has 0 fully saturated rings. The van der Waals surface area contributed by atoms with Crippen molar-refractivity contribution < 1.29 is 24.2 Å². The van der Waals surface area contributed by atoms with Crippen LogP contribution < -0.4 is 10.2 Å². The summed E-state index contributed by atoms with van der Waals surface area (Å²) < 4.78 is 11.0. The number of benzene rings is 2. The fraction of sp³-hybridized carbons (Fsp3) is 0.250. The summed E-state index contributed by atoms with van der Waals surface area (Å²) >= 11 is 5.70. The van der Waals surface area contributed by atoms with Crippen molar-refractivity contribution in [3.8, 4) is 28.6 Å². The lowest BCUT2D eigenvalue weighted by Gasteiger charge is -2.13. The molecule has 0 atom stereocenters. The Balaban J connectivity index is 0.00000166. The Morgan fingerprint density at radius 3 is 2.29 bits per heavy atom. The third kappa shape index (κ3) is 4.91. The first-order valence-corrected chi connectivity index (χ1v) is 10.1. The van der Waals surface area contributed by atoms with Crippen LogP contribution in [0.5, 0.6) is 17.2 Å². The van der Waals surface area contributed by atoms with Crippen LogP contribution in [0.3, 0.4) is 0 Å². The molecular weight excluding hydrogens is 420 g/mol. The normalized spacial score (nSPS) is 10.3. The van der Waals surface area contributed by atoms with Crippen molar-refractivity contribution in [3.63, 3.8) is 0 Å². The second-order valence-corrected chi connectivity index (χ2v) is 7.07. The molecule has 0 unspecified atom stereocenters. The van der Waals surface area contributed by atoms with E-state index < -0.39 is 22.2 Å². The summed E-state index contributed by atoms with van der Waals surface area (Å²) in [6.07, 6.45) is 2.09. The topological polar surface area (TPSA) is 97.0 Å². The minimum atomic E-state index is -0.804. The van der Waals surface area contributed by atoms with Crippen LogP contribution in [0.4, 0.5) is 0 Å². The molecule has 0 aliphatic carbocycles. The highest BCUT2D eigenvalue weighted by Crippen LogP contribution is 2.37. The maximum absolute atomic E-state index is 12.8. The number of phenolic OH excluding ortho intramolecular Hbond substituents is 1. The highest BCUT2D eigenvalue weighted by atomic mass is 35.5. The molecule has 0 spiro atoms. The smallest absolute Gasteiger partial charge is 0.252 e. The van der Waals surface area contributed by atoms with Gasteiger partial charge in [-0.2, -0.15) is 0 Å². The van der Waals surface area contributed by atoms with Crippen molar-refractivity contribution >= 4 is 27.8 Å². The van der Waals surface area contributed by atoms with Gasteiger partial charge in [0, 0.05) is 16.7 Å². The van der Waals surface area contributed by atoms with E-state index in [-0.39, 0.29) is 28.7 Å². The third-order valence-corrected chi connectivity index (χ3v) is 4.71. The first kappa shape index (κ1) is 24.0. The number of phenols is 1. The van der Waals surface area contributed by atoms with Crippen LogP contribution in [0.1, 0.15) is 43.6 Å². The van der Waals surface area contributed by atoms with E-state index in [0.29, 0.717) is 16.9 Å². The summed E-state index contributed by atoms with van der Waals surface area (Å²) in [7, 11) is 1.52. The van der Waals surface area contributed by atoms with E-state index >= 15 is 0 Å². The van der Waals surface area contributed by atoms with Gasteiger partial charge in [0.1, 0.15) is 22.5 Å². The number of aromatic hydroxyl groups is 2. The van der Waals surface area contributed by atoms with Gasteiger partial charge in [0.15, 0.2) is 5.76 Å². The standard InChI is InChI=1S/C22H19ClO6.C2H6/c1-11(2)4-9-14-15(22(23)27)10-16(24)17-18(25)19(26)20(29-21(14)17)12-5-7-13(28-3)8-6-12;1-2/h4-8,10,24,26H,9H2,1-3H3;1-2H3. The highest BCUT2D eigenvalue weighted by Gasteiger charge is 2.24. The molecule has 3 rings (SSSR count). The number of halogens is 1. The van der Waals surface area contributed by atoms with Crippen LogP contribution in [-0.4, -0.2) is 22.6 Å². The lowest BCUT2D eigenvalue weighted by atomic mass is 9.98. The average Bonchev–Trinajstić information content (AvgIpc) is 2.76. The van der Waals surface area contributed by atoms with Crippen LogP contribution >= 0.6 is 11.6 Å². The molecular formula is C24H25ClO6. The maximum Gasteiger partial charge on any atom is 0.252 e. The lowest BCUT2D eigenvalue weighted by molar-refractivity contribution is 0.108. The molecule has 31 heavy (non-hydrogen) atoms. The molecule has 0 saturated heterocycles. The van der Waals surface area contributed by atoms with E-state index in [1.165, 1.54) is 7.11 Å². The minimum Gasteiger partial charge on any atom is -0.507 e. The van der Waals surface area contributed by atoms with Gasteiger partial charge in [-0.1, -0.05) is 25.5 Å². The summed E-state index contributed by atoms with van der Waals surface area (Å²) in [5.41, 5.74) is 0.990. The summed E-state index contributed by atoms with van der Waals surface area (Å²) in [4.78, 5) is 24.7. The van der Waals surface area contributed by atoms with Crippen molar-refractivity contribution in [2.75, 3.05) is 7.11 Å². The molecule has 0 aliphatic heterocycles. The summed E-state index contributed by atoms with van der Waals surface area (Å²) in [5.74, 6) is -0.623. The van der Waals surface area contributed by atoms with Gasteiger partial charge in [-0.05, 0) is 62.2 Å². The second kappa shape index (κ2) is 10.2. The van der Waals surface area contributed by atoms with Crippen molar-refractivity contribution in [1.29, 1.82) is 0 Å². The van der Waals surface area contributed by atoms with Gasteiger partial charge >= 0.3 is 0 Å². The molecule has 164 valence electrons. The monoisotopic (exact) mass is 444 g/mol. The van der Waals surface area contributed by atoms with Gasteiger partial charge in [0.25, 0.3) is 5.24 Å². The molecule has 2 N–H and O–H groups in total.